The third-order valence-corrected chi connectivity index (χ3v) is 8.17. The minimum atomic E-state index is -0.474. The number of rotatable bonds is 4. The molecule has 0 spiro atoms. The van der Waals surface area contributed by atoms with Crippen LogP contribution in [0.25, 0.3) is 15.9 Å². The van der Waals surface area contributed by atoms with E-state index in [0.29, 0.717) is 29.0 Å². The maximum atomic E-state index is 12.1. The minimum Gasteiger partial charge on any atom is -0.444 e. The number of carbonyl (C=O) groups is 1. The van der Waals surface area contributed by atoms with Gasteiger partial charge in [0.05, 0.1) is 34.9 Å². The smallest absolute Gasteiger partial charge is 0.407 e. The van der Waals surface area contributed by atoms with E-state index >= 15 is 0 Å². The van der Waals surface area contributed by atoms with E-state index < -0.39 is 5.60 Å². The van der Waals surface area contributed by atoms with Crippen molar-refractivity contribution in [3.05, 3.63) is 63.9 Å². The Bertz CT molecular complexity index is 1550. The summed E-state index contributed by atoms with van der Waals surface area (Å²) < 4.78 is 7.17. The van der Waals surface area contributed by atoms with Gasteiger partial charge in [-0.15, -0.1) is 0 Å². The summed E-state index contributed by atoms with van der Waals surface area (Å²) in [6.07, 6.45) is 7.84. The quantitative estimate of drug-likeness (QED) is 0.191. The monoisotopic (exact) mass is 585 g/mol. The molecule has 2 aliphatic carbocycles. The van der Waals surface area contributed by atoms with Crippen molar-refractivity contribution in [3.63, 3.8) is 0 Å². The van der Waals surface area contributed by atoms with Gasteiger partial charge in [-0.3, -0.25) is 4.57 Å². The number of imidazole rings is 1. The number of nitrogens with one attached hydrogen (secondary N) is 3. The first kappa shape index (κ1) is 31.5. The molecular weight excluding hydrogens is 542 g/mol. The first-order valence-corrected chi connectivity index (χ1v) is 15.1. The van der Waals surface area contributed by atoms with Gasteiger partial charge in [0.15, 0.2) is 5.69 Å². The number of anilines is 2. The molecule has 43 heavy (non-hydrogen) atoms. The van der Waals surface area contributed by atoms with Gasteiger partial charge in [-0.2, -0.15) is 5.26 Å². The van der Waals surface area contributed by atoms with Crippen LogP contribution in [0.1, 0.15) is 90.7 Å². The Labute approximate surface area is 253 Å². The Balaban J connectivity index is 0.000000202. The molecule has 2 aromatic carbocycles. The standard InChI is InChI=1S/C18H26N4O2.C15H17N3O/c1-18(2,3)24-17(23)22-13-7-5-12(6-8-13)21-16-10-9-14(20-4)11-15(16)19;1-10-2-5-12(6-3-10)18-14-7-4-11(9-16)8-13(14)17-15(18)19/h9-13,21H,5-8,19H2,1-3H3,(H,22,23);4,7-8,10,12H,2-3,5-6H2,1H3,(H,17,19). The molecule has 0 atom stereocenters. The van der Waals surface area contributed by atoms with Crippen molar-refractivity contribution in [2.75, 3.05) is 11.1 Å². The zero-order valence-corrected chi connectivity index (χ0v) is 25.6. The van der Waals surface area contributed by atoms with E-state index in [1.54, 1.807) is 24.3 Å². The number of H-pyrrole nitrogens is 1. The van der Waals surface area contributed by atoms with Crippen molar-refractivity contribution in [1.29, 1.82) is 5.26 Å². The molecule has 0 aliphatic heterocycles. The van der Waals surface area contributed by atoms with E-state index in [0.717, 1.165) is 61.2 Å². The van der Waals surface area contributed by atoms with Crippen LogP contribution in [0.2, 0.25) is 0 Å². The van der Waals surface area contributed by atoms with Crippen molar-refractivity contribution in [1.82, 2.24) is 14.9 Å². The largest absolute Gasteiger partial charge is 0.444 e. The minimum absolute atomic E-state index is 0.0513. The molecule has 3 aromatic rings. The number of aromatic nitrogens is 2. The fourth-order valence-electron chi connectivity index (χ4n) is 5.89. The van der Waals surface area contributed by atoms with Gasteiger partial charge in [0.25, 0.3) is 0 Å². The summed E-state index contributed by atoms with van der Waals surface area (Å²) in [5, 5.41) is 15.3. The molecule has 1 aromatic heterocycles. The van der Waals surface area contributed by atoms with Crippen molar-refractivity contribution in [2.45, 2.75) is 103 Å². The first-order chi connectivity index (χ1) is 20.5. The Kier molecular flexibility index (Phi) is 10.0. The fourth-order valence-corrected chi connectivity index (χ4v) is 5.89. The molecule has 5 rings (SSSR count). The van der Waals surface area contributed by atoms with E-state index in [1.807, 2.05) is 37.5 Å². The third kappa shape index (κ3) is 8.54. The number of hydrogen-bond acceptors (Lipinski definition) is 6. The molecule has 228 valence electrons. The zero-order valence-electron chi connectivity index (χ0n) is 25.6. The Morgan fingerprint density at radius 1 is 1.07 bits per heavy atom. The number of benzene rings is 2. The summed E-state index contributed by atoms with van der Waals surface area (Å²) in [6.45, 7) is 14.8. The molecule has 10 heteroatoms. The lowest BCUT2D eigenvalue weighted by Crippen LogP contribution is -2.42. The number of carbonyl (C=O) groups excluding carboxylic acids is 1. The number of nitriles is 1. The summed E-state index contributed by atoms with van der Waals surface area (Å²) >= 11 is 0. The fraction of sp³-hybridized carbons (Fsp3) is 0.515. The highest BCUT2D eigenvalue weighted by molar-refractivity contribution is 5.77. The Morgan fingerprint density at radius 3 is 2.35 bits per heavy atom. The summed E-state index contributed by atoms with van der Waals surface area (Å²) in [5.41, 5.74) is 9.74. The van der Waals surface area contributed by atoms with Crippen LogP contribution in [-0.2, 0) is 4.74 Å². The summed E-state index contributed by atoms with van der Waals surface area (Å²) in [4.78, 5) is 30.2. The number of hydrogen-bond donors (Lipinski definition) is 4. The Morgan fingerprint density at radius 2 is 1.74 bits per heavy atom. The van der Waals surface area contributed by atoms with Gasteiger partial charge in [-0.25, -0.2) is 14.4 Å². The number of fused-ring (bicyclic) bond motifs is 1. The molecule has 0 radical (unpaired) electrons. The zero-order chi connectivity index (χ0) is 31.1. The summed E-state index contributed by atoms with van der Waals surface area (Å²) in [7, 11) is 0. The second-order valence-electron chi connectivity index (χ2n) is 12.8. The summed E-state index contributed by atoms with van der Waals surface area (Å²) in [5.74, 6) is 0.766. The Hall–Kier alpha value is -4.44. The maximum Gasteiger partial charge on any atom is 0.407 e. The average molecular weight is 586 g/mol. The normalized spacial score (nSPS) is 21.9. The van der Waals surface area contributed by atoms with Crippen LogP contribution in [-0.4, -0.2) is 33.3 Å². The molecule has 10 nitrogen and oxygen atoms in total. The predicted molar refractivity (Wildman–Crippen MR) is 170 cm³/mol. The lowest BCUT2D eigenvalue weighted by atomic mass is 9.87. The first-order valence-electron chi connectivity index (χ1n) is 15.1. The van der Waals surface area contributed by atoms with E-state index in [1.165, 1.54) is 12.8 Å². The number of alkyl carbamates (subject to hydrolysis) is 1. The van der Waals surface area contributed by atoms with Gasteiger partial charge < -0.3 is 26.1 Å². The van der Waals surface area contributed by atoms with E-state index in [4.69, 9.17) is 22.3 Å². The number of amides is 1. The number of nitrogens with two attached hydrogens (primary N) is 1. The molecule has 1 heterocycles. The molecule has 2 fully saturated rings. The molecular formula is C33H43N7O3. The van der Waals surface area contributed by atoms with Gasteiger partial charge in [0.1, 0.15) is 5.60 Å². The van der Waals surface area contributed by atoms with Crippen molar-refractivity contribution in [3.8, 4) is 6.07 Å². The molecule has 5 N–H and O–H groups in total. The van der Waals surface area contributed by atoms with Crippen LogP contribution >= 0.6 is 0 Å². The highest BCUT2D eigenvalue weighted by atomic mass is 16.6. The van der Waals surface area contributed by atoms with Gasteiger partial charge >= 0.3 is 11.8 Å². The van der Waals surface area contributed by atoms with Gasteiger partial charge in [0.2, 0.25) is 0 Å². The van der Waals surface area contributed by atoms with Crippen LogP contribution in [0.5, 0.6) is 0 Å². The topological polar surface area (TPSA) is 142 Å². The van der Waals surface area contributed by atoms with Crippen molar-refractivity contribution in [2.24, 2.45) is 5.92 Å². The number of aromatic amines is 1. The highest BCUT2D eigenvalue weighted by Gasteiger charge is 2.25. The molecule has 2 aliphatic rings. The van der Waals surface area contributed by atoms with Gasteiger partial charge in [-0.05, 0) is 108 Å². The number of nitrogens with zero attached hydrogens (tertiary/aromatic N) is 3. The third-order valence-electron chi connectivity index (χ3n) is 8.17. The van der Waals surface area contributed by atoms with E-state index in [-0.39, 0.29) is 17.8 Å². The highest BCUT2D eigenvalue weighted by Crippen LogP contribution is 2.33. The summed E-state index contributed by atoms with van der Waals surface area (Å²) in [6, 6.07) is 13.6. The lowest BCUT2D eigenvalue weighted by Gasteiger charge is -2.31. The van der Waals surface area contributed by atoms with Crippen LogP contribution in [0.3, 0.4) is 0 Å². The molecule has 0 bridgehead atoms. The number of ether oxygens (including phenoxy) is 1. The van der Waals surface area contributed by atoms with Gasteiger partial charge in [-0.1, -0.05) is 13.0 Å². The average Bonchev–Trinajstić information content (AvgIpc) is 3.29. The van der Waals surface area contributed by atoms with Crippen LogP contribution in [0.15, 0.2) is 41.2 Å². The van der Waals surface area contributed by atoms with Crippen LogP contribution < -0.4 is 22.1 Å². The second-order valence-corrected chi connectivity index (χ2v) is 12.8. The van der Waals surface area contributed by atoms with E-state index in [2.05, 4.69) is 33.5 Å². The second kappa shape index (κ2) is 13.7. The number of nitrogen functional groups attached to an aromatic ring is 1. The van der Waals surface area contributed by atoms with Crippen molar-refractivity contribution < 1.29 is 9.53 Å². The van der Waals surface area contributed by atoms with E-state index in [9.17, 15) is 9.59 Å². The SMILES string of the molecule is CC1CCC(n2c(=O)[nH]c3cc(C#N)ccc32)CC1.[C-]#[N+]c1ccc(NC2CCC(NC(=O)OC(C)(C)C)CC2)c(N)c1. The van der Waals surface area contributed by atoms with Crippen molar-refractivity contribution >= 4 is 34.2 Å². The molecule has 0 saturated heterocycles. The predicted octanol–water partition coefficient (Wildman–Crippen LogP) is 7.02. The molecule has 2 saturated carbocycles. The molecule has 1 amide bonds. The molecule has 0 unspecified atom stereocenters. The van der Waals surface area contributed by atoms with Crippen LogP contribution in [0.4, 0.5) is 21.9 Å². The van der Waals surface area contributed by atoms with Gasteiger partial charge in [0, 0.05) is 23.8 Å². The lowest BCUT2D eigenvalue weighted by molar-refractivity contribution is 0.0492. The van der Waals surface area contributed by atoms with Crippen LogP contribution in [0, 0.1) is 23.8 Å². The maximum absolute atomic E-state index is 12.1.